The van der Waals surface area contributed by atoms with Gasteiger partial charge in [0.25, 0.3) is 5.91 Å². The van der Waals surface area contributed by atoms with Gasteiger partial charge in [0.15, 0.2) is 0 Å². The van der Waals surface area contributed by atoms with Crippen LogP contribution < -0.4 is 0 Å². The van der Waals surface area contributed by atoms with Crippen LogP contribution in [-0.2, 0) is 4.79 Å². The lowest BCUT2D eigenvalue weighted by atomic mass is 10.4. The third kappa shape index (κ3) is 0.665. The Labute approximate surface area is 47.1 Å². The number of carbonyl (C=O) groups is 1. The number of hydrogen-bond acceptors (Lipinski definition) is 2. The molecule has 0 saturated heterocycles. The van der Waals surface area contributed by atoms with E-state index in [2.05, 4.69) is 9.98 Å². The van der Waals surface area contributed by atoms with Crippen molar-refractivity contribution in [2.45, 2.75) is 13.8 Å². The molecule has 0 atom stereocenters. The molecule has 1 amide bonds. The molecule has 0 fully saturated rings. The number of aliphatic imine (C=N–C) groups is 2. The van der Waals surface area contributed by atoms with Crippen LogP contribution in [0, 0.1) is 0 Å². The van der Waals surface area contributed by atoms with E-state index < -0.39 is 0 Å². The molecule has 0 bridgehead atoms. The molecule has 0 radical (unpaired) electrons. The lowest BCUT2D eigenvalue weighted by molar-refractivity contribution is -0.111. The van der Waals surface area contributed by atoms with Gasteiger partial charge in [-0.25, -0.2) is 4.99 Å². The number of amidine groups is 1. The minimum atomic E-state index is -0.206. The third-order valence-electron chi connectivity index (χ3n) is 0.902. The summed E-state index contributed by atoms with van der Waals surface area (Å²) in [6.45, 7) is 3.36. The molecule has 1 rings (SSSR count). The van der Waals surface area contributed by atoms with Crippen LogP contribution in [0.5, 0.6) is 0 Å². The maximum Gasteiger partial charge on any atom is 0.292 e. The molecule has 1 aliphatic heterocycles. The second-order valence-electron chi connectivity index (χ2n) is 1.66. The van der Waals surface area contributed by atoms with E-state index in [9.17, 15) is 4.79 Å². The predicted molar refractivity (Wildman–Crippen MR) is 31.2 cm³/mol. The molecule has 0 aromatic rings. The van der Waals surface area contributed by atoms with Crippen LogP contribution >= 0.6 is 0 Å². The van der Waals surface area contributed by atoms with E-state index in [-0.39, 0.29) is 5.91 Å². The highest BCUT2D eigenvalue weighted by Crippen LogP contribution is 1.95. The van der Waals surface area contributed by atoms with Gasteiger partial charge >= 0.3 is 0 Å². The highest BCUT2D eigenvalue weighted by molar-refractivity contribution is 6.44. The molecule has 0 aliphatic carbocycles. The molecule has 1 heterocycles. The number of amides is 1. The molecule has 3 heteroatoms. The van der Waals surface area contributed by atoms with Crippen molar-refractivity contribution in [1.29, 1.82) is 0 Å². The first kappa shape index (κ1) is 5.15. The molecule has 3 nitrogen and oxygen atoms in total. The Kier molecular flexibility index (Phi) is 0.970. The number of carbonyl (C=O) groups excluding carboxylic acids is 1. The van der Waals surface area contributed by atoms with Crippen LogP contribution in [0.3, 0.4) is 0 Å². The fourth-order valence-electron chi connectivity index (χ4n) is 0.543. The standard InChI is InChI=1S/C5H6N2O/c1-3-5(8)7-4(2)6-3/h1-2H3. The van der Waals surface area contributed by atoms with Gasteiger partial charge in [-0.3, -0.25) is 4.79 Å². The van der Waals surface area contributed by atoms with Crippen LogP contribution in [0.15, 0.2) is 9.98 Å². The summed E-state index contributed by atoms with van der Waals surface area (Å²) in [6, 6.07) is 0. The first-order valence-electron chi connectivity index (χ1n) is 2.35. The van der Waals surface area contributed by atoms with Gasteiger partial charge in [0.05, 0.1) is 0 Å². The summed E-state index contributed by atoms with van der Waals surface area (Å²) in [7, 11) is 0. The Hall–Kier alpha value is -0.990. The molecule has 42 valence electrons. The summed E-state index contributed by atoms with van der Waals surface area (Å²) in [5.41, 5.74) is 0.488. The van der Waals surface area contributed by atoms with E-state index in [1.54, 1.807) is 13.8 Å². The van der Waals surface area contributed by atoms with Gasteiger partial charge in [-0.1, -0.05) is 0 Å². The van der Waals surface area contributed by atoms with Gasteiger partial charge in [0.1, 0.15) is 11.5 Å². The quantitative estimate of drug-likeness (QED) is 0.445. The van der Waals surface area contributed by atoms with Gasteiger partial charge < -0.3 is 0 Å². The van der Waals surface area contributed by atoms with Crippen molar-refractivity contribution < 1.29 is 4.79 Å². The smallest absolute Gasteiger partial charge is 0.265 e. The zero-order valence-corrected chi connectivity index (χ0v) is 4.80. The van der Waals surface area contributed by atoms with Crippen LogP contribution in [0.4, 0.5) is 0 Å². The van der Waals surface area contributed by atoms with Crippen LogP contribution in [0.2, 0.25) is 0 Å². The molecule has 0 N–H and O–H groups in total. The largest absolute Gasteiger partial charge is 0.292 e. The molecule has 0 aromatic carbocycles. The summed E-state index contributed by atoms with van der Waals surface area (Å²) in [6.07, 6.45) is 0. The minimum Gasteiger partial charge on any atom is -0.265 e. The van der Waals surface area contributed by atoms with E-state index in [1.165, 1.54) is 0 Å². The van der Waals surface area contributed by atoms with Gasteiger partial charge in [-0.15, -0.1) is 0 Å². The average molecular weight is 110 g/mol. The number of rotatable bonds is 0. The Morgan fingerprint density at radius 2 is 1.88 bits per heavy atom. The Bertz CT molecular complexity index is 188. The lowest BCUT2D eigenvalue weighted by Crippen LogP contribution is -1.99. The Balaban J connectivity index is 2.95. The van der Waals surface area contributed by atoms with Crippen LogP contribution in [0.1, 0.15) is 13.8 Å². The molecular weight excluding hydrogens is 104 g/mol. The molecule has 0 aromatic heterocycles. The molecule has 1 aliphatic rings. The fourth-order valence-corrected chi connectivity index (χ4v) is 0.543. The van der Waals surface area contributed by atoms with Gasteiger partial charge in [0.2, 0.25) is 0 Å². The van der Waals surface area contributed by atoms with Gasteiger partial charge in [-0.2, -0.15) is 4.99 Å². The maximum absolute atomic E-state index is 10.5. The molecule has 0 unspecified atom stereocenters. The highest BCUT2D eigenvalue weighted by Gasteiger charge is 2.10. The maximum atomic E-state index is 10.5. The first-order chi connectivity index (χ1) is 3.70. The summed E-state index contributed by atoms with van der Waals surface area (Å²) in [5, 5.41) is 0. The Morgan fingerprint density at radius 3 is 2.00 bits per heavy atom. The SMILES string of the molecule is CC1=NC(=O)C(C)=N1. The first-order valence-corrected chi connectivity index (χ1v) is 2.35. The fraction of sp³-hybridized carbons (Fsp3) is 0.400. The lowest BCUT2D eigenvalue weighted by Gasteiger charge is -1.75. The number of hydrogen-bond donors (Lipinski definition) is 0. The highest BCUT2D eigenvalue weighted by atomic mass is 16.1. The molecule has 8 heavy (non-hydrogen) atoms. The Morgan fingerprint density at radius 1 is 1.25 bits per heavy atom. The van der Waals surface area contributed by atoms with Crippen molar-refractivity contribution in [1.82, 2.24) is 0 Å². The van der Waals surface area contributed by atoms with E-state index in [4.69, 9.17) is 0 Å². The summed E-state index contributed by atoms with van der Waals surface area (Å²) < 4.78 is 0. The average Bonchev–Trinajstić information content (AvgIpc) is 1.85. The van der Waals surface area contributed by atoms with E-state index in [0.717, 1.165) is 0 Å². The van der Waals surface area contributed by atoms with Crippen LogP contribution in [0.25, 0.3) is 0 Å². The van der Waals surface area contributed by atoms with Crippen molar-refractivity contribution in [3.05, 3.63) is 0 Å². The van der Waals surface area contributed by atoms with E-state index in [1.807, 2.05) is 0 Å². The normalized spacial score (nSPS) is 18.5. The molecule has 0 saturated carbocycles. The van der Waals surface area contributed by atoms with E-state index in [0.29, 0.717) is 11.5 Å². The van der Waals surface area contributed by atoms with Crippen LogP contribution in [-0.4, -0.2) is 17.5 Å². The molecule has 0 spiro atoms. The van der Waals surface area contributed by atoms with Crippen molar-refractivity contribution in [3.8, 4) is 0 Å². The third-order valence-corrected chi connectivity index (χ3v) is 0.902. The van der Waals surface area contributed by atoms with Crippen molar-refractivity contribution in [2.24, 2.45) is 9.98 Å². The van der Waals surface area contributed by atoms with Crippen molar-refractivity contribution >= 4 is 17.5 Å². The monoisotopic (exact) mass is 110 g/mol. The van der Waals surface area contributed by atoms with E-state index >= 15 is 0 Å². The minimum absolute atomic E-state index is 0.206. The topological polar surface area (TPSA) is 41.8 Å². The summed E-state index contributed by atoms with van der Waals surface area (Å²) in [5.74, 6) is 0.356. The zero-order chi connectivity index (χ0) is 6.15. The number of nitrogens with zero attached hydrogens (tertiary/aromatic N) is 2. The second-order valence-corrected chi connectivity index (χ2v) is 1.66. The zero-order valence-electron chi connectivity index (χ0n) is 4.80. The summed E-state index contributed by atoms with van der Waals surface area (Å²) >= 11 is 0. The summed E-state index contributed by atoms with van der Waals surface area (Å²) in [4.78, 5) is 17.8. The second kappa shape index (κ2) is 1.51. The van der Waals surface area contributed by atoms with Crippen molar-refractivity contribution in [3.63, 3.8) is 0 Å². The predicted octanol–water partition coefficient (Wildman–Crippen LogP) is 0.406. The van der Waals surface area contributed by atoms with Gasteiger partial charge in [-0.05, 0) is 13.8 Å². The van der Waals surface area contributed by atoms with Gasteiger partial charge in [0, 0.05) is 0 Å². The molecular formula is C5H6N2O. The van der Waals surface area contributed by atoms with Crippen molar-refractivity contribution in [2.75, 3.05) is 0 Å².